The van der Waals surface area contributed by atoms with Crippen molar-refractivity contribution >= 4 is 0 Å². The van der Waals surface area contributed by atoms with Gasteiger partial charge in [0, 0.05) is 12.6 Å². The largest absolute Gasteiger partial charge is 0.313 e. The third-order valence-electron chi connectivity index (χ3n) is 2.17. The molecule has 1 atom stereocenters. The Labute approximate surface area is 83.7 Å². The second kappa shape index (κ2) is 8.52. The summed E-state index contributed by atoms with van der Waals surface area (Å²) in [6, 6.07) is 0.690. The Morgan fingerprint density at radius 1 is 1.15 bits per heavy atom. The molecular weight excluding hydrogens is 160 g/mol. The molecule has 0 spiro atoms. The summed E-state index contributed by atoms with van der Waals surface area (Å²) >= 11 is 0. The molecule has 0 saturated carbocycles. The highest BCUT2D eigenvalue weighted by Gasteiger charge is 2.07. The maximum atomic E-state index is 3.59. The zero-order chi connectivity index (χ0) is 10.1. The SMILES string of the molecule is CCCCC(CN(C)C)NCCC. The van der Waals surface area contributed by atoms with Gasteiger partial charge in [0.15, 0.2) is 0 Å². The maximum absolute atomic E-state index is 3.59. The van der Waals surface area contributed by atoms with Gasteiger partial charge >= 0.3 is 0 Å². The van der Waals surface area contributed by atoms with Gasteiger partial charge in [-0.3, -0.25) is 0 Å². The summed E-state index contributed by atoms with van der Waals surface area (Å²) in [4.78, 5) is 2.27. The highest BCUT2D eigenvalue weighted by atomic mass is 15.1. The summed E-state index contributed by atoms with van der Waals surface area (Å²) in [5.41, 5.74) is 0. The molecule has 0 rings (SSSR count). The first kappa shape index (κ1) is 12.9. The lowest BCUT2D eigenvalue weighted by Gasteiger charge is -2.22. The van der Waals surface area contributed by atoms with E-state index in [-0.39, 0.29) is 0 Å². The van der Waals surface area contributed by atoms with E-state index in [1.807, 2.05) is 0 Å². The van der Waals surface area contributed by atoms with Crippen molar-refractivity contribution in [3.8, 4) is 0 Å². The monoisotopic (exact) mass is 186 g/mol. The summed E-state index contributed by atoms with van der Waals surface area (Å²) in [5, 5.41) is 3.59. The number of nitrogens with zero attached hydrogens (tertiary/aromatic N) is 1. The molecule has 80 valence electrons. The van der Waals surface area contributed by atoms with E-state index in [0.29, 0.717) is 6.04 Å². The minimum atomic E-state index is 0.690. The van der Waals surface area contributed by atoms with E-state index in [4.69, 9.17) is 0 Å². The third kappa shape index (κ3) is 8.26. The Hall–Kier alpha value is -0.0800. The zero-order valence-electron chi connectivity index (χ0n) is 9.77. The smallest absolute Gasteiger partial charge is 0.0194 e. The van der Waals surface area contributed by atoms with Crippen LogP contribution in [0.15, 0.2) is 0 Å². The van der Waals surface area contributed by atoms with Crippen LogP contribution < -0.4 is 5.32 Å². The first-order valence-corrected chi connectivity index (χ1v) is 5.58. The van der Waals surface area contributed by atoms with Crippen molar-refractivity contribution in [2.24, 2.45) is 0 Å². The number of likely N-dealkylation sites (N-methyl/N-ethyl adjacent to an activating group) is 1. The molecule has 0 aromatic heterocycles. The van der Waals surface area contributed by atoms with E-state index in [1.54, 1.807) is 0 Å². The molecular formula is C11H26N2. The molecule has 1 N–H and O–H groups in total. The van der Waals surface area contributed by atoms with Crippen LogP contribution in [0.4, 0.5) is 0 Å². The number of nitrogens with one attached hydrogen (secondary N) is 1. The molecule has 0 aromatic rings. The normalized spacial score (nSPS) is 13.6. The van der Waals surface area contributed by atoms with Crippen LogP contribution in [0.25, 0.3) is 0 Å². The minimum Gasteiger partial charge on any atom is -0.313 e. The molecule has 0 bridgehead atoms. The van der Waals surface area contributed by atoms with Crippen molar-refractivity contribution < 1.29 is 0 Å². The molecule has 0 heterocycles. The second-order valence-corrected chi connectivity index (χ2v) is 4.06. The lowest BCUT2D eigenvalue weighted by atomic mass is 10.1. The molecule has 0 radical (unpaired) electrons. The van der Waals surface area contributed by atoms with Crippen molar-refractivity contribution in [2.75, 3.05) is 27.2 Å². The van der Waals surface area contributed by atoms with Gasteiger partial charge in [-0.15, -0.1) is 0 Å². The summed E-state index contributed by atoms with van der Waals surface area (Å²) in [7, 11) is 4.29. The molecule has 0 saturated heterocycles. The minimum absolute atomic E-state index is 0.690. The average Bonchev–Trinajstić information content (AvgIpc) is 2.09. The molecule has 0 aliphatic rings. The van der Waals surface area contributed by atoms with Crippen molar-refractivity contribution in [3.63, 3.8) is 0 Å². The maximum Gasteiger partial charge on any atom is 0.0194 e. The van der Waals surface area contributed by atoms with Crippen molar-refractivity contribution in [1.29, 1.82) is 0 Å². The lowest BCUT2D eigenvalue weighted by molar-refractivity contribution is 0.322. The quantitative estimate of drug-likeness (QED) is 0.624. The standard InChI is InChI=1S/C11H26N2/c1-5-7-8-11(10-13(3)4)12-9-6-2/h11-12H,5-10H2,1-4H3. The summed E-state index contributed by atoms with van der Waals surface area (Å²) in [5.74, 6) is 0. The summed E-state index contributed by atoms with van der Waals surface area (Å²) < 4.78 is 0. The van der Waals surface area contributed by atoms with Crippen molar-refractivity contribution in [1.82, 2.24) is 10.2 Å². The first-order chi connectivity index (χ1) is 6.20. The van der Waals surface area contributed by atoms with Gasteiger partial charge < -0.3 is 10.2 Å². The van der Waals surface area contributed by atoms with Crippen LogP contribution in [-0.2, 0) is 0 Å². The predicted molar refractivity (Wildman–Crippen MR) is 60.2 cm³/mol. The molecule has 2 nitrogen and oxygen atoms in total. The van der Waals surface area contributed by atoms with Gasteiger partial charge in [0.2, 0.25) is 0 Å². The van der Waals surface area contributed by atoms with Gasteiger partial charge in [0.05, 0.1) is 0 Å². The molecule has 0 aliphatic heterocycles. The topological polar surface area (TPSA) is 15.3 Å². The zero-order valence-corrected chi connectivity index (χ0v) is 9.77. The summed E-state index contributed by atoms with van der Waals surface area (Å²) in [6.07, 6.45) is 5.19. The van der Waals surface area contributed by atoms with Crippen molar-refractivity contribution in [2.45, 2.75) is 45.6 Å². The van der Waals surface area contributed by atoms with E-state index in [1.165, 1.54) is 32.2 Å². The lowest BCUT2D eigenvalue weighted by Crippen LogP contribution is -2.38. The van der Waals surface area contributed by atoms with Gasteiger partial charge in [0.25, 0.3) is 0 Å². The van der Waals surface area contributed by atoms with Crippen LogP contribution in [0.2, 0.25) is 0 Å². The Morgan fingerprint density at radius 2 is 1.85 bits per heavy atom. The Morgan fingerprint density at radius 3 is 2.31 bits per heavy atom. The number of unbranched alkanes of at least 4 members (excludes halogenated alkanes) is 1. The number of rotatable bonds is 8. The van der Waals surface area contributed by atoms with E-state index in [0.717, 1.165) is 6.54 Å². The molecule has 0 amide bonds. The van der Waals surface area contributed by atoms with Crippen LogP contribution in [0, 0.1) is 0 Å². The highest BCUT2D eigenvalue weighted by Crippen LogP contribution is 2.01. The van der Waals surface area contributed by atoms with Crippen molar-refractivity contribution in [3.05, 3.63) is 0 Å². The van der Waals surface area contributed by atoms with Gasteiger partial charge in [-0.1, -0.05) is 26.7 Å². The fourth-order valence-electron chi connectivity index (χ4n) is 1.50. The van der Waals surface area contributed by atoms with Gasteiger partial charge in [-0.25, -0.2) is 0 Å². The fourth-order valence-corrected chi connectivity index (χ4v) is 1.50. The molecule has 0 aromatic carbocycles. The molecule has 0 fully saturated rings. The number of hydrogen-bond acceptors (Lipinski definition) is 2. The summed E-state index contributed by atoms with van der Waals surface area (Å²) in [6.45, 7) is 6.80. The third-order valence-corrected chi connectivity index (χ3v) is 2.17. The van der Waals surface area contributed by atoms with E-state index >= 15 is 0 Å². The first-order valence-electron chi connectivity index (χ1n) is 5.58. The van der Waals surface area contributed by atoms with Crippen LogP contribution >= 0.6 is 0 Å². The Balaban J connectivity index is 3.60. The molecule has 0 aliphatic carbocycles. The fraction of sp³-hybridized carbons (Fsp3) is 1.00. The van der Waals surface area contributed by atoms with E-state index in [9.17, 15) is 0 Å². The van der Waals surface area contributed by atoms with Gasteiger partial charge in [-0.05, 0) is 33.5 Å². The van der Waals surface area contributed by atoms with Gasteiger partial charge in [-0.2, -0.15) is 0 Å². The average molecular weight is 186 g/mol. The van der Waals surface area contributed by atoms with Crippen LogP contribution in [-0.4, -0.2) is 38.1 Å². The van der Waals surface area contributed by atoms with Gasteiger partial charge in [0.1, 0.15) is 0 Å². The molecule has 2 heteroatoms. The van der Waals surface area contributed by atoms with Crippen LogP contribution in [0.5, 0.6) is 0 Å². The Bertz CT molecular complexity index is 94.3. The van der Waals surface area contributed by atoms with E-state index in [2.05, 4.69) is 38.2 Å². The number of hydrogen-bond donors (Lipinski definition) is 1. The van der Waals surface area contributed by atoms with E-state index < -0.39 is 0 Å². The Kier molecular flexibility index (Phi) is 8.46. The van der Waals surface area contributed by atoms with Crippen LogP contribution in [0.3, 0.4) is 0 Å². The second-order valence-electron chi connectivity index (χ2n) is 4.06. The molecule has 13 heavy (non-hydrogen) atoms. The highest BCUT2D eigenvalue weighted by molar-refractivity contribution is 4.68. The predicted octanol–water partition coefficient (Wildman–Crippen LogP) is 2.11. The van der Waals surface area contributed by atoms with Crippen LogP contribution in [0.1, 0.15) is 39.5 Å². The molecule has 1 unspecified atom stereocenters.